The largest absolute Gasteiger partial charge is 0.506 e. The van der Waals surface area contributed by atoms with E-state index in [1.807, 2.05) is 27.7 Å². The number of phenols is 2. The van der Waals surface area contributed by atoms with Gasteiger partial charge in [-0.15, -0.1) is 0 Å². The van der Waals surface area contributed by atoms with Crippen molar-refractivity contribution in [3.05, 3.63) is 71.8 Å². The van der Waals surface area contributed by atoms with Crippen LogP contribution in [0.3, 0.4) is 0 Å². The van der Waals surface area contributed by atoms with Crippen molar-refractivity contribution in [2.24, 2.45) is 11.8 Å². The fraction of sp³-hybridized carbons (Fsp3) is 0.312. The van der Waals surface area contributed by atoms with Gasteiger partial charge in [0.15, 0.2) is 0 Å². The Morgan fingerprint density at radius 2 is 1.00 bits per heavy atom. The van der Waals surface area contributed by atoms with Gasteiger partial charge >= 0.3 is 0 Å². The van der Waals surface area contributed by atoms with E-state index in [-0.39, 0.29) is 58.8 Å². The van der Waals surface area contributed by atoms with Crippen molar-refractivity contribution in [3.8, 4) is 22.6 Å². The third kappa shape index (κ3) is 5.46. The van der Waals surface area contributed by atoms with Crippen molar-refractivity contribution in [2.75, 3.05) is 13.2 Å². The molecule has 0 radical (unpaired) electrons. The number of phenolic OH excluding ortho intramolecular Hbond substituents is 2. The molecule has 210 valence electrons. The van der Waals surface area contributed by atoms with Crippen molar-refractivity contribution in [1.82, 2.24) is 10.6 Å². The number of aromatic hydroxyl groups is 2. The molecule has 0 unspecified atom stereocenters. The van der Waals surface area contributed by atoms with E-state index >= 15 is 0 Å². The highest BCUT2D eigenvalue weighted by Crippen LogP contribution is 2.47. The topological polar surface area (TPSA) is 139 Å². The summed E-state index contributed by atoms with van der Waals surface area (Å²) in [6, 6.07) is 16.4. The number of fused-ring (bicyclic) bond motifs is 2. The molecule has 8 nitrogen and oxygen atoms in total. The van der Waals surface area contributed by atoms with Gasteiger partial charge in [-0.05, 0) is 45.5 Å². The van der Waals surface area contributed by atoms with Crippen LogP contribution in [0, 0.1) is 11.8 Å². The average Bonchev–Trinajstić information content (AvgIpc) is 2.94. The van der Waals surface area contributed by atoms with Crippen LogP contribution in [-0.4, -0.2) is 57.5 Å². The van der Waals surface area contributed by atoms with Crippen molar-refractivity contribution >= 4 is 33.4 Å². The van der Waals surface area contributed by atoms with E-state index < -0.39 is 23.9 Å². The van der Waals surface area contributed by atoms with Crippen LogP contribution < -0.4 is 10.6 Å². The summed E-state index contributed by atoms with van der Waals surface area (Å²) >= 11 is 0. The summed E-state index contributed by atoms with van der Waals surface area (Å²) in [5, 5.41) is 50.8. The maximum Gasteiger partial charge on any atom is 0.255 e. The smallest absolute Gasteiger partial charge is 0.255 e. The Balaban J connectivity index is 2.00. The number of aliphatic hydroxyl groups excluding tert-OH is 2. The van der Waals surface area contributed by atoms with Crippen LogP contribution in [0.1, 0.15) is 48.4 Å². The first kappa shape index (κ1) is 28.9. The molecule has 0 bridgehead atoms. The molecule has 4 aromatic carbocycles. The molecule has 2 atom stereocenters. The van der Waals surface area contributed by atoms with Crippen LogP contribution in [-0.2, 0) is 0 Å². The van der Waals surface area contributed by atoms with Crippen molar-refractivity contribution in [3.63, 3.8) is 0 Å². The average molecular weight is 545 g/mol. The molecule has 0 spiro atoms. The zero-order chi connectivity index (χ0) is 29.1. The number of carbonyl (C=O) groups excluding carboxylic acids is 2. The molecule has 0 heterocycles. The predicted octanol–water partition coefficient (Wildman–Crippen LogP) is 4.56. The van der Waals surface area contributed by atoms with Crippen LogP contribution in [0.25, 0.3) is 32.7 Å². The van der Waals surface area contributed by atoms with Crippen molar-refractivity contribution in [1.29, 1.82) is 0 Å². The summed E-state index contributed by atoms with van der Waals surface area (Å²) < 4.78 is 0. The molecule has 0 fully saturated rings. The SMILES string of the molecule is CC(C)[C@H](CO)NC(=O)c1cc2ccccc2c(-c2c(O)c(C(=O)N[C@@H](CO)C(C)C)cc3ccccc23)c1O. The van der Waals surface area contributed by atoms with E-state index in [2.05, 4.69) is 10.6 Å². The Bertz CT molecular complexity index is 1450. The van der Waals surface area contributed by atoms with E-state index in [1.165, 1.54) is 0 Å². The van der Waals surface area contributed by atoms with Gasteiger partial charge in [0, 0.05) is 11.1 Å². The number of amides is 2. The molecule has 0 aromatic heterocycles. The molecule has 4 rings (SSSR count). The predicted molar refractivity (Wildman–Crippen MR) is 157 cm³/mol. The molecule has 0 aliphatic carbocycles. The first-order valence-corrected chi connectivity index (χ1v) is 13.4. The number of rotatable bonds is 9. The Hall–Kier alpha value is -4.14. The second kappa shape index (κ2) is 11.9. The highest BCUT2D eigenvalue weighted by Gasteiger charge is 2.28. The Labute approximate surface area is 233 Å². The van der Waals surface area contributed by atoms with Gasteiger partial charge in [-0.2, -0.15) is 0 Å². The second-order valence-electron chi connectivity index (χ2n) is 10.8. The summed E-state index contributed by atoms with van der Waals surface area (Å²) in [6.07, 6.45) is 0. The van der Waals surface area contributed by atoms with Gasteiger partial charge in [0.1, 0.15) is 11.5 Å². The normalized spacial score (nSPS) is 13.1. The molecule has 6 N–H and O–H groups in total. The maximum atomic E-state index is 13.4. The third-order valence-corrected chi connectivity index (χ3v) is 7.42. The van der Waals surface area contributed by atoms with E-state index in [1.54, 1.807) is 60.7 Å². The molecule has 0 aliphatic rings. The highest BCUT2D eigenvalue weighted by atomic mass is 16.3. The fourth-order valence-electron chi connectivity index (χ4n) is 4.86. The lowest BCUT2D eigenvalue weighted by molar-refractivity contribution is 0.0887. The Morgan fingerprint density at radius 3 is 1.32 bits per heavy atom. The van der Waals surface area contributed by atoms with Crippen LogP contribution in [0.5, 0.6) is 11.5 Å². The molecule has 0 saturated carbocycles. The lowest BCUT2D eigenvalue weighted by Gasteiger charge is -2.23. The standard InChI is InChI=1S/C32H36N2O6/c1-17(2)25(15-35)33-31(39)23-13-19-9-5-7-11-21(19)27(29(23)37)28-22-12-8-6-10-20(22)14-24(30(28)38)32(40)34-26(16-36)18(3)4/h5-14,17-18,25-26,35-38H,15-16H2,1-4H3,(H,33,39)(H,34,40)/t25-,26-/m0/s1. The summed E-state index contributed by atoms with van der Waals surface area (Å²) in [4.78, 5) is 26.8. The van der Waals surface area contributed by atoms with Crippen molar-refractivity contribution < 1.29 is 30.0 Å². The number of benzene rings is 4. The second-order valence-corrected chi connectivity index (χ2v) is 10.8. The molecule has 2 amide bonds. The molecule has 40 heavy (non-hydrogen) atoms. The van der Waals surface area contributed by atoms with Gasteiger partial charge in [0.25, 0.3) is 11.8 Å². The van der Waals surface area contributed by atoms with E-state index in [0.29, 0.717) is 21.5 Å². The fourth-order valence-corrected chi connectivity index (χ4v) is 4.86. The van der Waals surface area contributed by atoms with Gasteiger partial charge in [-0.1, -0.05) is 76.2 Å². The number of hydrogen-bond donors (Lipinski definition) is 6. The Morgan fingerprint density at radius 1 is 0.650 bits per heavy atom. The van der Waals surface area contributed by atoms with Gasteiger partial charge in [0.2, 0.25) is 0 Å². The zero-order valence-electron chi connectivity index (χ0n) is 23.1. The first-order valence-electron chi connectivity index (χ1n) is 13.4. The monoisotopic (exact) mass is 544 g/mol. The number of carbonyl (C=O) groups is 2. The zero-order valence-corrected chi connectivity index (χ0v) is 23.1. The number of hydrogen-bond acceptors (Lipinski definition) is 6. The summed E-state index contributed by atoms with van der Waals surface area (Å²) in [5.41, 5.74) is 0.371. The molecule has 0 saturated heterocycles. The minimum Gasteiger partial charge on any atom is -0.506 e. The third-order valence-electron chi connectivity index (χ3n) is 7.42. The molecule has 0 aliphatic heterocycles. The van der Waals surface area contributed by atoms with E-state index in [9.17, 15) is 30.0 Å². The summed E-state index contributed by atoms with van der Waals surface area (Å²) in [6.45, 7) is 6.95. The van der Waals surface area contributed by atoms with Crippen LogP contribution in [0.4, 0.5) is 0 Å². The minimum atomic E-state index is -0.572. The van der Waals surface area contributed by atoms with Crippen LogP contribution >= 0.6 is 0 Å². The highest BCUT2D eigenvalue weighted by molar-refractivity contribution is 6.16. The lowest BCUT2D eigenvalue weighted by atomic mass is 9.88. The van der Waals surface area contributed by atoms with Gasteiger partial charge in [-0.25, -0.2) is 0 Å². The maximum absolute atomic E-state index is 13.4. The molecular formula is C32H36N2O6. The van der Waals surface area contributed by atoms with Crippen LogP contribution in [0.2, 0.25) is 0 Å². The number of aliphatic hydroxyl groups is 2. The van der Waals surface area contributed by atoms with Crippen molar-refractivity contribution in [2.45, 2.75) is 39.8 Å². The molecule has 4 aromatic rings. The lowest BCUT2D eigenvalue weighted by Crippen LogP contribution is -2.41. The Kier molecular flexibility index (Phi) is 8.61. The van der Waals surface area contributed by atoms with E-state index in [0.717, 1.165) is 0 Å². The minimum absolute atomic E-state index is 0.0220. The van der Waals surface area contributed by atoms with Gasteiger partial charge < -0.3 is 31.1 Å². The molecule has 8 heteroatoms. The summed E-state index contributed by atoms with van der Waals surface area (Å²) in [7, 11) is 0. The van der Waals surface area contributed by atoms with Gasteiger partial charge in [-0.3, -0.25) is 9.59 Å². The number of nitrogens with one attached hydrogen (secondary N) is 2. The summed E-state index contributed by atoms with van der Waals surface area (Å²) in [5.74, 6) is -1.95. The molecular weight excluding hydrogens is 508 g/mol. The quantitative estimate of drug-likeness (QED) is 0.183. The van der Waals surface area contributed by atoms with Crippen LogP contribution in [0.15, 0.2) is 60.7 Å². The first-order chi connectivity index (χ1) is 19.1. The van der Waals surface area contributed by atoms with Gasteiger partial charge in [0.05, 0.1) is 36.4 Å². The van der Waals surface area contributed by atoms with E-state index in [4.69, 9.17) is 0 Å².